The second-order valence-corrected chi connectivity index (χ2v) is 11.1. The van der Waals surface area contributed by atoms with Crippen LogP contribution in [0.25, 0.3) is 28.3 Å². The summed E-state index contributed by atoms with van der Waals surface area (Å²) < 4.78 is 17.9. The molecule has 6 nitrogen and oxygen atoms in total. The first kappa shape index (κ1) is 22.7. The van der Waals surface area contributed by atoms with Crippen LogP contribution in [0.3, 0.4) is 0 Å². The molecule has 3 aliphatic rings. The molecule has 0 aliphatic carbocycles. The molecule has 37 heavy (non-hydrogen) atoms. The molecule has 2 saturated heterocycles. The summed E-state index contributed by atoms with van der Waals surface area (Å²) in [5, 5.41) is 0. The van der Waals surface area contributed by atoms with Crippen LogP contribution in [0, 0.1) is 17.7 Å². The summed E-state index contributed by atoms with van der Waals surface area (Å²) in [7, 11) is 0. The van der Waals surface area contributed by atoms with E-state index in [1.165, 1.54) is 51.0 Å². The fourth-order valence-corrected chi connectivity index (χ4v) is 6.27. The van der Waals surface area contributed by atoms with Crippen molar-refractivity contribution in [1.82, 2.24) is 24.0 Å². The maximum absolute atomic E-state index is 13.5. The Bertz CT molecular complexity index is 1410. The summed E-state index contributed by atoms with van der Waals surface area (Å²) in [5.74, 6) is 3.34. The molecule has 4 aromatic rings. The number of benzene rings is 1. The highest BCUT2D eigenvalue weighted by Crippen LogP contribution is 2.35. The number of pyridine rings is 1. The van der Waals surface area contributed by atoms with Crippen LogP contribution in [0.2, 0.25) is 0 Å². The third-order valence-corrected chi connectivity index (χ3v) is 8.46. The first-order valence-corrected chi connectivity index (χ1v) is 13.6. The number of rotatable bonds is 4. The van der Waals surface area contributed by atoms with Gasteiger partial charge in [0.05, 0.1) is 23.6 Å². The second-order valence-electron chi connectivity index (χ2n) is 11.1. The van der Waals surface area contributed by atoms with Gasteiger partial charge in [-0.15, -0.1) is 0 Å². The monoisotopic (exact) mass is 496 g/mol. The average molecular weight is 497 g/mol. The number of hydrogen-bond acceptors (Lipinski definition) is 4. The fraction of sp³-hybridized carbons (Fsp3) is 0.400. The lowest BCUT2D eigenvalue weighted by Crippen LogP contribution is -2.37. The van der Waals surface area contributed by atoms with Crippen molar-refractivity contribution >= 4 is 5.82 Å². The zero-order valence-corrected chi connectivity index (χ0v) is 21.4. The van der Waals surface area contributed by atoms with E-state index in [2.05, 4.69) is 55.2 Å². The number of halogens is 1. The molecule has 7 heteroatoms. The van der Waals surface area contributed by atoms with Crippen molar-refractivity contribution in [2.75, 3.05) is 37.6 Å². The molecule has 7 rings (SSSR count). The molecule has 0 amide bonds. The number of imidazole rings is 1. The van der Waals surface area contributed by atoms with Gasteiger partial charge in [-0.2, -0.15) is 0 Å². The summed E-state index contributed by atoms with van der Waals surface area (Å²) in [5.41, 5.74) is 5.22. The first-order chi connectivity index (χ1) is 18.1. The SMILES string of the molecule is CC1CCN(C[C@@H]2CCN(c3ccc4c(n3)Cn3cc(-c5ccc(F)cc5)cc3-c3nccn3-4)C2)CC1. The lowest BCUT2D eigenvalue weighted by molar-refractivity contribution is 0.171. The summed E-state index contributed by atoms with van der Waals surface area (Å²) >= 11 is 0. The van der Waals surface area contributed by atoms with E-state index in [4.69, 9.17) is 4.98 Å². The van der Waals surface area contributed by atoms with Crippen LogP contribution in [0.4, 0.5) is 10.2 Å². The number of hydrogen-bond donors (Lipinski definition) is 0. The smallest absolute Gasteiger partial charge is 0.161 e. The Labute approximate surface area is 217 Å². The Kier molecular flexibility index (Phi) is 5.61. The predicted octanol–water partition coefficient (Wildman–Crippen LogP) is 5.46. The Hall–Kier alpha value is -3.45. The highest BCUT2D eigenvalue weighted by molar-refractivity contribution is 5.71. The molecular formula is C30H33FN6. The lowest BCUT2D eigenvalue weighted by Gasteiger charge is -2.32. The van der Waals surface area contributed by atoms with Crippen molar-refractivity contribution in [3.05, 3.63) is 72.6 Å². The highest BCUT2D eigenvalue weighted by atomic mass is 19.1. The van der Waals surface area contributed by atoms with Crippen molar-refractivity contribution in [2.24, 2.45) is 11.8 Å². The van der Waals surface area contributed by atoms with Crippen LogP contribution in [-0.4, -0.2) is 56.7 Å². The molecule has 0 bridgehead atoms. The van der Waals surface area contributed by atoms with Gasteiger partial charge in [0.15, 0.2) is 5.82 Å². The van der Waals surface area contributed by atoms with E-state index >= 15 is 0 Å². The van der Waals surface area contributed by atoms with E-state index in [1.54, 1.807) is 0 Å². The molecule has 190 valence electrons. The number of likely N-dealkylation sites (tertiary alicyclic amines) is 1. The number of aromatic nitrogens is 4. The zero-order valence-electron chi connectivity index (χ0n) is 21.4. The maximum Gasteiger partial charge on any atom is 0.161 e. The molecule has 2 fully saturated rings. The standard InChI is InChI=1S/C30H33FN6/c1-21-8-12-34(13-9-21)17-22-10-14-35(18-22)29-7-6-27-26(33-29)20-36-19-24(23-2-4-25(31)5-3-23)16-28(36)30-32-11-15-37(27)30/h2-7,11,15-16,19,21-22H,8-10,12-14,17-18,20H2,1H3/t22-/m0/s1. The highest BCUT2D eigenvalue weighted by Gasteiger charge is 2.28. The van der Waals surface area contributed by atoms with Gasteiger partial charge in [-0.3, -0.25) is 4.57 Å². The van der Waals surface area contributed by atoms with Crippen molar-refractivity contribution in [3.8, 4) is 28.3 Å². The third kappa shape index (κ3) is 4.25. The van der Waals surface area contributed by atoms with Crippen molar-refractivity contribution in [2.45, 2.75) is 32.7 Å². The molecule has 0 radical (unpaired) electrons. The number of piperidine rings is 1. The van der Waals surface area contributed by atoms with Crippen LogP contribution in [0.15, 0.2) is 61.1 Å². The minimum Gasteiger partial charge on any atom is -0.356 e. The number of anilines is 1. The van der Waals surface area contributed by atoms with E-state index in [1.807, 2.05) is 24.5 Å². The van der Waals surface area contributed by atoms with Gasteiger partial charge in [0.2, 0.25) is 0 Å². The van der Waals surface area contributed by atoms with Crippen LogP contribution in [-0.2, 0) is 6.54 Å². The molecule has 0 saturated carbocycles. The average Bonchev–Trinajstić information content (AvgIpc) is 3.65. The number of fused-ring (bicyclic) bond motifs is 5. The van der Waals surface area contributed by atoms with E-state index in [-0.39, 0.29) is 5.82 Å². The molecule has 0 N–H and O–H groups in total. The van der Waals surface area contributed by atoms with Gasteiger partial charge in [0.25, 0.3) is 0 Å². The van der Waals surface area contributed by atoms with Gasteiger partial charge in [0, 0.05) is 43.8 Å². The molecule has 1 aromatic carbocycles. The van der Waals surface area contributed by atoms with Gasteiger partial charge in [0.1, 0.15) is 11.6 Å². The van der Waals surface area contributed by atoms with Gasteiger partial charge >= 0.3 is 0 Å². The Morgan fingerprint density at radius 3 is 2.65 bits per heavy atom. The van der Waals surface area contributed by atoms with Crippen molar-refractivity contribution < 1.29 is 4.39 Å². The molecular weight excluding hydrogens is 463 g/mol. The third-order valence-electron chi connectivity index (χ3n) is 8.46. The Morgan fingerprint density at radius 1 is 0.973 bits per heavy atom. The van der Waals surface area contributed by atoms with Gasteiger partial charge < -0.3 is 14.4 Å². The van der Waals surface area contributed by atoms with Crippen LogP contribution < -0.4 is 4.90 Å². The van der Waals surface area contributed by atoms with Crippen molar-refractivity contribution in [3.63, 3.8) is 0 Å². The zero-order chi connectivity index (χ0) is 24.9. The fourth-order valence-electron chi connectivity index (χ4n) is 6.27. The molecule has 1 atom stereocenters. The Morgan fingerprint density at radius 2 is 1.81 bits per heavy atom. The van der Waals surface area contributed by atoms with Gasteiger partial charge in [-0.05, 0) is 80.1 Å². The molecule has 3 aromatic heterocycles. The summed E-state index contributed by atoms with van der Waals surface area (Å²) in [4.78, 5) is 15.0. The van der Waals surface area contributed by atoms with Crippen LogP contribution >= 0.6 is 0 Å². The quantitative estimate of drug-likeness (QED) is 0.331. The van der Waals surface area contributed by atoms with Crippen LogP contribution in [0.1, 0.15) is 31.9 Å². The predicted molar refractivity (Wildman–Crippen MR) is 144 cm³/mol. The van der Waals surface area contributed by atoms with E-state index < -0.39 is 0 Å². The Balaban J connectivity index is 1.15. The molecule has 6 heterocycles. The largest absolute Gasteiger partial charge is 0.356 e. The van der Waals surface area contributed by atoms with E-state index in [9.17, 15) is 4.39 Å². The van der Waals surface area contributed by atoms with Gasteiger partial charge in [-0.25, -0.2) is 14.4 Å². The minimum absolute atomic E-state index is 0.222. The minimum atomic E-state index is -0.222. The number of nitrogens with zero attached hydrogens (tertiary/aromatic N) is 6. The topological polar surface area (TPSA) is 42.1 Å². The molecule has 0 spiro atoms. The van der Waals surface area contributed by atoms with E-state index in [0.29, 0.717) is 12.5 Å². The van der Waals surface area contributed by atoms with Crippen molar-refractivity contribution in [1.29, 1.82) is 0 Å². The van der Waals surface area contributed by atoms with E-state index in [0.717, 1.165) is 58.9 Å². The lowest BCUT2D eigenvalue weighted by atomic mass is 9.98. The summed E-state index contributed by atoms with van der Waals surface area (Å²) in [6.07, 6.45) is 9.91. The van der Waals surface area contributed by atoms with Crippen LogP contribution in [0.5, 0.6) is 0 Å². The molecule has 0 unspecified atom stereocenters. The normalized spacial score (nSPS) is 19.9. The maximum atomic E-state index is 13.5. The first-order valence-electron chi connectivity index (χ1n) is 13.6. The molecule has 3 aliphatic heterocycles. The summed E-state index contributed by atoms with van der Waals surface area (Å²) in [6.45, 7) is 8.92. The second kappa shape index (κ2) is 9.14. The summed E-state index contributed by atoms with van der Waals surface area (Å²) in [6, 6.07) is 13.2. The van der Waals surface area contributed by atoms with Gasteiger partial charge in [-0.1, -0.05) is 19.1 Å².